The number of aromatic nitrogens is 1. The fraction of sp³-hybridized carbons (Fsp3) is 0.0833. The van der Waals surface area contributed by atoms with Crippen LogP contribution >= 0.6 is 11.6 Å². The van der Waals surface area contributed by atoms with Gasteiger partial charge in [0.25, 0.3) is 0 Å². The molecule has 0 saturated heterocycles. The summed E-state index contributed by atoms with van der Waals surface area (Å²) in [7, 11) is 0. The lowest BCUT2D eigenvalue weighted by molar-refractivity contribution is 0.277. The number of aliphatic hydroxyl groups is 1. The summed E-state index contributed by atoms with van der Waals surface area (Å²) in [6, 6.07) is 7.67. The maximum atomic E-state index is 12.8. The van der Waals surface area contributed by atoms with Gasteiger partial charge in [-0.25, -0.2) is 4.39 Å². The third-order valence-corrected chi connectivity index (χ3v) is 2.45. The van der Waals surface area contributed by atoms with E-state index in [4.69, 9.17) is 16.7 Å². The minimum absolute atomic E-state index is 0.177. The Bertz CT molecular complexity index is 499. The summed E-state index contributed by atoms with van der Waals surface area (Å²) >= 11 is 5.84. The Balaban J connectivity index is 2.53. The maximum absolute atomic E-state index is 12.8. The van der Waals surface area contributed by atoms with E-state index in [9.17, 15) is 4.39 Å². The Morgan fingerprint density at radius 1 is 1.25 bits per heavy atom. The second-order valence-corrected chi connectivity index (χ2v) is 3.75. The summed E-state index contributed by atoms with van der Waals surface area (Å²) < 4.78 is 12.8. The fourth-order valence-corrected chi connectivity index (χ4v) is 1.63. The minimum atomic E-state index is -0.302. The van der Waals surface area contributed by atoms with Gasteiger partial charge in [-0.3, -0.25) is 4.98 Å². The van der Waals surface area contributed by atoms with E-state index >= 15 is 0 Å². The number of benzene rings is 1. The van der Waals surface area contributed by atoms with Gasteiger partial charge in [-0.1, -0.05) is 23.7 Å². The molecule has 0 fully saturated rings. The summed E-state index contributed by atoms with van der Waals surface area (Å²) in [5.41, 5.74) is 2.02. The highest BCUT2D eigenvalue weighted by Gasteiger charge is 2.06. The molecule has 2 aromatic rings. The first-order valence-electron chi connectivity index (χ1n) is 4.72. The van der Waals surface area contributed by atoms with Gasteiger partial charge in [-0.2, -0.15) is 0 Å². The van der Waals surface area contributed by atoms with Crippen molar-refractivity contribution >= 4 is 11.6 Å². The molecule has 0 amide bonds. The monoisotopic (exact) mass is 237 g/mol. The van der Waals surface area contributed by atoms with Crippen LogP contribution in [0.15, 0.2) is 36.5 Å². The molecule has 1 N–H and O–H groups in total. The van der Waals surface area contributed by atoms with Gasteiger partial charge in [0, 0.05) is 11.8 Å². The number of hydrogen-bond donors (Lipinski definition) is 1. The number of pyridine rings is 1. The van der Waals surface area contributed by atoms with Crippen molar-refractivity contribution in [1.82, 2.24) is 4.98 Å². The van der Waals surface area contributed by atoms with E-state index in [-0.39, 0.29) is 12.4 Å². The Kier molecular flexibility index (Phi) is 3.17. The molecule has 82 valence electrons. The fourth-order valence-electron chi connectivity index (χ4n) is 1.47. The Hall–Kier alpha value is -1.45. The molecular formula is C12H9ClFNO. The summed E-state index contributed by atoms with van der Waals surface area (Å²) in [4.78, 5) is 4.02. The zero-order valence-electron chi connectivity index (χ0n) is 8.32. The molecule has 1 aromatic heterocycles. The lowest BCUT2D eigenvalue weighted by atomic mass is 10.0. The summed E-state index contributed by atoms with van der Waals surface area (Å²) in [6.45, 7) is -0.177. The summed E-state index contributed by atoms with van der Waals surface area (Å²) in [5, 5.41) is 9.63. The molecule has 0 saturated carbocycles. The molecule has 4 heteroatoms. The first-order chi connectivity index (χ1) is 7.70. The maximum Gasteiger partial charge on any atom is 0.123 e. The summed E-state index contributed by atoms with van der Waals surface area (Å²) in [6.07, 6.45) is 1.47. The molecule has 0 bridgehead atoms. The first-order valence-corrected chi connectivity index (χ1v) is 5.09. The van der Waals surface area contributed by atoms with E-state index in [0.717, 1.165) is 11.1 Å². The van der Waals surface area contributed by atoms with Crippen molar-refractivity contribution in [3.05, 3.63) is 53.1 Å². The molecular weight excluding hydrogens is 229 g/mol. The SMILES string of the molecule is OCc1ncc(Cl)cc1-c1ccc(F)cc1. The average molecular weight is 238 g/mol. The molecule has 0 aliphatic heterocycles. The van der Waals surface area contributed by atoms with E-state index in [1.54, 1.807) is 18.2 Å². The topological polar surface area (TPSA) is 33.1 Å². The minimum Gasteiger partial charge on any atom is -0.390 e. The van der Waals surface area contributed by atoms with Crippen LogP contribution in [0.2, 0.25) is 5.02 Å². The molecule has 2 rings (SSSR count). The van der Waals surface area contributed by atoms with Crippen molar-refractivity contribution in [1.29, 1.82) is 0 Å². The molecule has 1 aromatic carbocycles. The van der Waals surface area contributed by atoms with Crippen LogP contribution in [-0.4, -0.2) is 10.1 Å². The molecule has 0 atom stereocenters. The molecule has 0 spiro atoms. The lowest BCUT2D eigenvalue weighted by Crippen LogP contribution is -1.93. The lowest BCUT2D eigenvalue weighted by Gasteiger charge is -2.07. The average Bonchev–Trinajstić information content (AvgIpc) is 2.30. The van der Waals surface area contributed by atoms with Crippen molar-refractivity contribution in [2.24, 2.45) is 0 Å². The molecule has 16 heavy (non-hydrogen) atoms. The molecule has 1 heterocycles. The molecule has 0 aliphatic carbocycles. The largest absolute Gasteiger partial charge is 0.390 e. The van der Waals surface area contributed by atoms with Gasteiger partial charge in [-0.05, 0) is 23.8 Å². The molecule has 0 unspecified atom stereocenters. The van der Waals surface area contributed by atoms with Crippen LogP contribution in [0.25, 0.3) is 11.1 Å². The zero-order chi connectivity index (χ0) is 11.5. The number of hydrogen-bond acceptors (Lipinski definition) is 2. The van der Waals surface area contributed by atoms with Gasteiger partial charge < -0.3 is 5.11 Å². The predicted octanol–water partition coefficient (Wildman–Crippen LogP) is 3.03. The number of aliphatic hydroxyl groups excluding tert-OH is 1. The molecule has 0 radical (unpaired) electrons. The highest BCUT2D eigenvalue weighted by atomic mass is 35.5. The number of nitrogens with zero attached hydrogens (tertiary/aromatic N) is 1. The first kappa shape index (κ1) is 11.0. The van der Waals surface area contributed by atoms with E-state index in [1.165, 1.54) is 18.3 Å². The smallest absolute Gasteiger partial charge is 0.123 e. The van der Waals surface area contributed by atoms with Gasteiger partial charge in [0.05, 0.1) is 17.3 Å². The Morgan fingerprint density at radius 2 is 1.94 bits per heavy atom. The highest BCUT2D eigenvalue weighted by Crippen LogP contribution is 2.25. The van der Waals surface area contributed by atoms with Crippen LogP contribution in [0.4, 0.5) is 4.39 Å². The molecule has 2 nitrogen and oxygen atoms in total. The van der Waals surface area contributed by atoms with E-state index < -0.39 is 0 Å². The van der Waals surface area contributed by atoms with E-state index in [0.29, 0.717) is 10.7 Å². The van der Waals surface area contributed by atoms with Crippen LogP contribution in [-0.2, 0) is 6.61 Å². The van der Waals surface area contributed by atoms with Gasteiger partial charge >= 0.3 is 0 Å². The van der Waals surface area contributed by atoms with E-state index in [1.807, 2.05) is 0 Å². The quantitative estimate of drug-likeness (QED) is 0.871. The standard InChI is InChI=1S/C12H9ClFNO/c13-9-5-11(12(7-16)15-6-9)8-1-3-10(14)4-2-8/h1-6,16H,7H2. The zero-order valence-corrected chi connectivity index (χ0v) is 9.08. The van der Waals surface area contributed by atoms with Crippen molar-refractivity contribution in [3.8, 4) is 11.1 Å². The predicted molar refractivity (Wildman–Crippen MR) is 60.6 cm³/mol. The second-order valence-electron chi connectivity index (χ2n) is 3.31. The second kappa shape index (κ2) is 4.60. The summed E-state index contributed by atoms with van der Waals surface area (Å²) in [5.74, 6) is -0.302. The van der Waals surface area contributed by atoms with Crippen LogP contribution in [0, 0.1) is 5.82 Å². The normalized spacial score (nSPS) is 10.4. The van der Waals surface area contributed by atoms with Crippen molar-refractivity contribution in [3.63, 3.8) is 0 Å². The van der Waals surface area contributed by atoms with Gasteiger partial charge in [0.2, 0.25) is 0 Å². The Labute approximate surface area is 97.3 Å². The van der Waals surface area contributed by atoms with Gasteiger partial charge in [0.1, 0.15) is 5.82 Å². The van der Waals surface area contributed by atoms with E-state index in [2.05, 4.69) is 4.98 Å². The van der Waals surface area contributed by atoms with Crippen LogP contribution in [0.3, 0.4) is 0 Å². The Morgan fingerprint density at radius 3 is 2.56 bits per heavy atom. The van der Waals surface area contributed by atoms with Gasteiger partial charge in [-0.15, -0.1) is 0 Å². The van der Waals surface area contributed by atoms with Crippen LogP contribution in [0.5, 0.6) is 0 Å². The highest BCUT2D eigenvalue weighted by molar-refractivity contribution is 6.30. The van der Waals surface area contributed by atoms with Gasteiger partial charge in [0.15, 0.2) is 0 Å². The third-order valence-electron chi connectivity index (χ3n) is 2.24. The van der Waals surface area contributed by atoms with Crippen molar-refractivity contribution < 1.29 is 9.50 Å². The van der Waals surface area contributed by atoms with Crippen molar-refractivity contribution in [2.75, 3.05) is 0 Å². The third kappa shape index (κ3) is 2.21. The van der Waals surface area contributed by atoms with Crippen LogP contribution in [0.1, 0.15) is 5.69 Å². The molecule has 0 aliphatic rings. The van der Waals surface area contributed by atoms with Crippen LogP contribution < -0.4 is 0 Å². The number of rotatable bonds is 2. The van der Waals surface area contributed by atoms with Crippen molar-refractivity contribution in [2.45, 2.75) is 6.61 Å². The number of halogens is 2.